The fourth-order valence-corrected chi connectivity index (χ4v) is 2.01. The summed E-state index contributed by atoms with van der Waals surface area (Å²) < 4.78 is 3.26. The minimum atomic E-state index is 0. The van der Waals surface area contributed by atoms with Crippen LogP contribution in [0.25, 0.3) is 0 Å². The van der Waals surface area contributed by atoms with Crippen molar-refractivity contribution >= 4 is 0 Å². The van der Waals surface area contributed by atoms with Crippen LogP contribution < -0.4 is 52.5 Å². The van der Waals surface area contributed by atoms with E-state index in [1.807, 2.05) is 0 Å². The molecule has 0 aliphatic carbocycles. The SMILES string of the molecule is Cc1cc(C)[n+](C)c(CCCC[N+](C)(C)C)n1.[I+].[I+]. The van der Waals surface area contributed by atoms with Crippen LogP contribution in [-0.2, 0) is 13.5 Å². The van der Waals surface area contributed by atoms with Crippen molar-refractivity contribution in [1.29, 1.82) is 0 Å². The first-order valence-corrected chi connectivity index (χ1v) is 6.43. The highest BCUT2D eigenvalue weighted by molar-refractivity contribution is 5.02. The Morgan fingerprint density at radius 3 is 2.21 bits per heavy atom. The Bertz CT molecular complexity index is 387. The van der Waals surface area contributed by atoms with Crippen LogP contribution in [-0.4, -0.2) is 37.2 Å². The summed E-state index contributed by atoms with van der Waals surface area (Å²) in [6.45, 7) is 5.45. The predicted molar refractivity (Wildman–Crippen MR) is 70.7 cm³/mol. The molecule has 0 N–H and O–H groups in total. The van der Waals surface area contributed by atoms with Crippen molar-refractivity contribution in [2.24, 2.45) is 7.05 Å². The Hall–Kier alpha value is 0.500. The van der Waals surface area contributed by atoms with Gasteiger partial charge in [-0.15, -0.1) is 0 Å². The maximum atomic E-state index is 4.63. The molecular weight excluding hydrogens is 464 g/mol. The van der Waals surface area contributed by atoms with E-state index < -0.39 is 0 Å². The molecule has 0 aliphatic rings. The maximum absolute atomic E-state index is 4.63. The van der Waals surface area contributed by atoms with E-state index >= 15 is 0 Å². The van der Waals surface area contributed by atoms with Gasteiger partial charge in [-0.05, 0) is 19.8 Å². The van der Waals surface area contributed by atoms with Crippen LogP contribution in [0.5, 0.6) is 0 Å². The number of quaternary nitrogens is 1. The van der Waals surface area contributed by atoms with Crippen LogP contribution in [0.4, 0.5) is 0 Å². The smallest absolute Gasteiger partial charge is 0.331 e. The van der Waals surface area contributed by atoms with Crippen LogP contribution in [0.2, 0.25) is 0 Å². The van der Waals surface area contributed by atoms with E-state index in [2.05, 4.69) is 57.7 Å². The average molecular weight is 491 g/mol. The lowest BCUT2D eigenvalue weighted by Gasteiger charge is -2.23. The normalized spacial score (nSPS) is 10.6. The second-order valence-corrected chi connectivity index (χ2v) is 5.99. The largest absolute Gasteiger partial charge is 1.00 e. The van der Waals surface area contributed by atoms with Crippen molar-refractivity contribution in [2.75, 3.05) is 27.7 Å². The zero-order chi connectivity index (χ0) is 13.1. The van der Waals surface area contributed by atoms with Gasteiger partial charge in [0.2, 0.25) is 0 Å². The van der Waals surface area contributed by atoms with Gasteiger partial charge in [-0.3, -0.25) is 0 Å². The number of hydrogen-bond acceptors (Lipinski definition) is 1. The number of hydrogen-bond donors (Lipinski definition) is 0. The highest BCUT2D eigenvalue weighted by Crippen LogP contribution is 2.03. The first-order valence-electron chi connectivity index (χ1n) is 6.43. The molecule has 5 heteroatoms. The molecule has 1 aromatic rings. The molecular formula is C14H27I2N3+4. The molecule has 0 bridgehead atoms. The molecule has 0 saturated heterocycles. The van der Waals surface area contributed by atoms with Crippen molar-refractivity contribution < 1.29 is 57.0 Å². The number of halogens is 2. The lowest BCUT2D eigenvalue weighted by molar-refractivity contribution is -0.870. The van der Waals surface area contributed by atoms with Crippen LogP contribution in [0.1, 0.15) is 30.1 Å². The molecule has 19 heavy (non-hydrogen) atoms. The van der Waals surface area contributed by atoms with Crippen molar-refractivity contribution in [2.45, 2.75) is 33.1 Å². The quantitative estimate of drug-likeness (QED) is 0.176. The molecule has 1 rings (SSSR count). The summed E-state index contributed by atoms with van der Waals surface area (Å²) in [6.07, 6.45) is 3.57. The average Bonchev–Trinajstić information content (AvgIpc) is 2.18. The molecule has 0 aromatic carbocycles. The summed E-state index contributed by atoms with van der Waals surface area (Å²) in [4.78, 5) is 4.63. The second-order valence-electron chi connectivity index (χ2n) is 5.99. The first-order chi connectivity index (χ1) is 7.79. The maximum Gasteiger partial charge on any atom is 1.00 e. The van der Waals surface area contributed by atoms with Crippen molar-refractivity contribution in [3.8, 4) is 0 Å². The summed E-state index contributed by atoms with van der Waals surface area (Å²) in [5.74, 6) is 1.21. The standard InChI is InChI=1S/C14H27N3.2I/c1-12-11-13(2)16(3)14(15-12)9-7-8-10-17(4,5)6;;/h11H,7-10H2,1-6H3;;/q+2;2*+1. The molecule has 0 saturated carbocycles. The minimum absolute atomic E-state index is 0. The highest BCUT2D eigenvalue weighted by Gasteiger charge is 2.14. The van der Waals surface area contributed by atoms with Gasteiger partial charge < -0.3 is 4.48 Å². The topological polar surface area (TPSA) is 16.8 Å². The number of rotatable bonds is 5. The molecule has 0 fully saturated rings. The van der Waals surface area contributed by atoms with Gasteiger partial charge in [-0.2, -0.15) is 0 Å². The van der Waals surface area contributed by atoms with Crippen LogP contribution >= 0.6 is 0 Å². The third kappa shape index (κ3) is 8.39. The van der Waals surface area contributed by atoms with Gasteiger partial charge in [-0.1, -0.05) is 4.98 Å². The summed E-state index contributed by atoms with van der Waals surface area (Å²) in [6, 6.07) is 2.13. The molecule has 108 valence electrons. The molecule has 0 spiro atoms. The zero-order valence-corrected chi connectivity index (χ0v) is 17.3. The number of nitrogens with zero attached hydrogens (tertiary/aromatic N) is 3. The van der Waals surface area contributed by atoms with Gasteiger partial charge in [0, 0.05) is 13.0 Å². The number of unbranched alkanes of at least 4 members (excludes halogenated alkanes) is 1. The molecule has 4 radical (unpaired) electrons. The van der Waals surface area contributed by atoms with Crippen molar-refractivity contribution in [1.82, 2.24) is 4.98 Å². The Morgan fingerprint density at radius 2 is 1.68 bits per heavy atom. The van der Waals surface area contributed by atoms with E-state index in [4.69, 9.17) is 0 Å². The Morgan fingerprint density at radius 1 is 1.11 bits per heavy atom. The van der Waals surface area contributed by atoms with Gasteiger partial charge in [0.05, 0.1) is 41.2 Å². The van der Waals surface area contributed by atoms with Gasteiger partial charge >= 0.3 is 48.0 Å². The van der Waals surface area contributed by atoms with Crippen LogP contribution in [0.15, 0.2) is 6.07 Å². The Balaban J connectivity index is 0. The zero-order valence-electron chi connectivity index (χ0n) is 13.0. The fraction of sp³-hybridized carbons (Fsp3) is 0.714. The van der Waals surface area contributed by atoms with Crippen molar-refractivity contribution in [3.63, 3.8) is 0 Å². The van der Waals surface area contributed by atoms with E-state index in [1.54, 1.807) is 0 Å². The van der Waals surface area contributed by atoms with E-state index in [0.29, 0.717) is 0 Å². The van der Waals surface area contributed by atoms with E-state index in [9.17, 15) is 0 Å². The number of aryl methyl sites for hydroxylation is 3. The molecule has 3 nitrogen and oxygen atoms in total. The fourth-order valence-electron chi connectivity index (χ4n) is 2.01. The molecule has 1 heterocycles. The third-order valence-electron chi connectivity index (χ3n) is 3.12. The van der Waals surface area contributed by atoms with E-state index in [-0.39, 0.29) is 48.0 Å². The van der Waals surface area contributed by atoms with Gasteiger partial charge in [0.15, 0.2) is 5.69 Å². The van der Waals surface area contributed by atoms with Crippen LogP contribution in [0, 0.1) is 13.8 Å². The molecule has 0 amide bonds. The highest BCUT2D eigenvalue weighted by atomic mass is 127. The summed E-state index contributed by atoms with van der Waals surface area (Å²) in [7, 11) is 8.84. The monoisotopic (exact) mass is 491 g/mol. The third-order valence-corrected chi connectivity index (χ3v) is 3.12. The van der Waals surface area contributed by atoms with E-state index in [1.165, 1.54) is 30.9 Å². The summed E-state index contributed by atoms with van der Waals surface area (Å²) in [5, 5.41) is 0. The lowest BCUT2D eigenvalue weighted by Crippen LogP contribution is -3.00. The van der Waals surface area contributed by atoms with E-state index in [0.717, 1.165) is 16.6 Å². The second kappa shape index (κ2) is 9.44. The van der Waals surface area contributed by atoms with Gasteiger partial charge in [-0.25, -0.2) is 4.57 Å². The molecule has 0 aliphatic heterocycles. The molecule has 0 unspecified atom stereocenters. The summed E-state index contributed by atoms with van der Waals surface area (Å²) >= 11 is 0. The lowest BCUT2D eigenvalue weighted by atomic mass is 10.2. The number of aromatic nitrogens is 2. The first kappa shape index (κ1) is 21.8. The molecule has 0 atom stereocenters. The Kier molecular flexibility index (Phi) is 10.8. The van der Waals surface area contributed by atoms with Gasteiger partial charge in [0.1, 0.15) is 5.69 Å². The molecule has 1 aromatic heterocycles. The minimum Gasteiger partial charge on any atom is -0.331 e. The summed E-state index contributed by atoms with van der Waals surface area (Å²) in [5.41, 5.74) is 2.42. The van der Waals surface area contributed by atoms with Crippen LogP contribution in [0.3, 0.4) is 0 Å². The Labute approximate surface area is 152 Å². The van der Waals surface area contributed by atoms with Crippen molar-refractivity contribution in [3.05, 3.63) is 23.3 Å². The predicted octanol–water partition coefficient (Wildman–Crippen LogP) is -4.44. The van der Waals surface area contributed by atoms with Gasteiger partial charge in [0.25, 0.3) is 5.82 Å².